The maximum absolute atomic E-state index is 12.8. The van der Waals surface area contributed by atoms with Crippen molar-refractivity contribution >= 4 is 17.5 Å². The van der Waals surface area contributed by atoms with Crippen LogP contribution in [0.5, 0.6) is 11.5 Å². The van der Waals surface area contributed by atoms with E-state index >= 15 is 0 Å². The highest BCUT2D eigenvalue weighted by Gasteiger charge is 2.29. The van der Waals surface area contributed by atoms with Gasteiger partial charge in [0.05, 0.1) is 20.1 Å². The highest BCUT2D eigenvalue weighted by molar-refractivity contribution is 5.96. The van der Waals surface area contributed by atoms with Crippen LogP contribution < -0.4 is 14.8 Å². The number of hydrogen-bond acceptors (Lipinski definition) is 4. The first-order chi connectivity index (χ1) is 13.5. The van der Waals surface area contributed by atoms with Gasteiger partial charge in [0.15, 0.2) is 0 Å². The van der Waals surface area contributed by atoms with Gasteiger partial charge in [-0.1, -0.05) is 17.7 Å². The lowest BCUT2D eigenvalue weighted by molar-refractivity contribution is -0.121. The third-order valence-corrected chi connectivity index (χ3v) is 4.96. The van der Waals surface area contributed by atoms with Crippen molar-refractivity contribution in [1.82, 2.24) is 4.90 Å². The van der Waals surface area contributed by atoms with E-state index in [9.17, 15) is 9.59 Å². The molecule has 2 amide bonds. The van der Waals surface area contributed by atoms with Gasteiger partial charge in [0.25, 0.3) is 5.91 Å². The number of carbonyl (C=O) groups excluding carboxylic acids is 2. The molecule has 3 rings (SSSR count). The van der Waals surface area contributed by atoms with E-state index in [0.717, 1.165) is 18.4 Å². The van der Waals surface area contributed by atoms with E-state index in [1.807, 2.05) is 31.2 Å². The van der Waals surface area contributed by atoms with Crippen LogP contribution in [-0.4, -0.2) is 44.0 Å². The van der Waals surface area contributed by atoms with Gasteiger partial charge in [-0.25, -0.2) is 0 Å². The summed E-state index contributed by atoms with van der Waals surface area (Å²) in [5.41, 5.74) is 2.33. The minimum atomic E-state index is -0.250. The fraction of sp³-hybridized carbons (Fsp3) is 0.364. The Balaban J connectivity index is 1.68. The average Bonchev–Trinajstić information content (AvgIpc) is 2.72. The van der Waals surface area contributed by atoms with Crippen LogP contribution in [-0.2, 0) is 4.79 Å². The number of likely N-dealkylation sites (tertiary alicyclic amines) is 1. The molecule has 1 fully saturated rings. The third kappa shape index (κ3) is 4.63. The largest absolute Gasteiger partial charge is 0.497 e. The first-order valence-electron chi connectivity index (χ1n) is 9.40. The molecule has 0 spiro atoms. The Morgan fingerprint density at radius 2 is 1.79 bits per heavy atom. The Labute approximate surface area is 165 Å². The van der Waals surface area contributed by atoms with E-state index in [1.165, 1.54) is 0 Å². The molecule has 0 bridgehead atoms. The molecule has 28 heavy (non-hydrogen) atoms. The molecule has 6 nitrogen and oxygen atoms in total. The number of carbonyl (C=O) groups is 2. The molecule has 0 saturated carbocycles. The number of methoxy groups -OCH3 is 2. The summed E-state index contributed by atoms with van der Waals surface area (Å²) in [7, 11) is 3.13. The summed E-state index contributed by atoms with van der Waals surface area (Å²) in [6, 6.07) is 12.8. The standard InChI is InChI=1S/C22H26N2O4/c1-15-6-4-7-16(10-15)22(26)24-9-5-8-17(14-24)21(25)23-18-11-19(27-2)13-20(12-18)28-3/h4,6-7,10-13,17H,5,8-9,14H2,1-3H3,(H,23,25). The predicted molar refractivity (Wildman–Crippen MR) is 108 cm³/mol. The molecule has 2 aromatic rings. The minimum absolute atomic E-state index is 0.0238. The summed E-state index contributed by atoms with van der Waals surface area (Å²) in [4.78, 5) is 27.4. The maximum Gasteiger partial charge on any atom is 0.253 e. The summed E-state index contributed by atoms with van der Waals surface area (Å²) in [6.45, 7) is 3.05. The van der Waals surface area contributed by atoms with Crippen molar-refractivity contribution in [2.45, 2.75) is 19.8 Å². The van der Waals surface area contributed by atoms with Crippen LogP contribution in [0.3, 0.4) is 0 Å². The van der Waals surface area contributed by atoms with Crippen LogP contribution in [0.15, 0.2) is 42.5 Å². The molecule has 1 aliphatic heterocycles. The lowest BCUT2D eigenvalue weighted by atomic mass is 9.96. The molecule has 0 aliphatic carbocycles. The predicted octanol–water partition coefficient (Wildman–Crippen LogP) is 3.50. The van der Waals surface area contributed by atoms with Crippen molar-refractivity contribution in [3.8, 4) is 11.5 Å². The Morgan fingerprint density at radius 3 is 2.43 bits per heavy atom. The van der Waals surface area contributed by atoms with E-state index in [1.54, 1.807) is 37.3 Å². The van der Waals surface area contributed by atoms with Gasteiger partial charge in [-0.15, -0.1) is 0 Å². The van der Waals surface area contributed by atoms with Crippen LogP contribution in [0.1, 0.15) is 28.8 Å². The molecule has 0 radical (unpaired) electrons. The Bertz CT molecular complexity index is 843. The molecule has 1 N–H and O–H groups in total. The highest BCUT2D eigenvalue weighted by atomic mass is 16.5. The van der Waals surface area contributed by atoms with E-state index in [-0.39, 0.29) is 17.7 Å². The zero-order chi connectivity index (χ0) is 20.1. The Hall–Kier alpha value is -3.02. The van der Waals surface area contributed by atoms with E-state index in [0.29, 0.717) is 35.8 Å². The molecule has 1 saturated heterocycles. The lowest BCUT2D eigenvalue weighted by Gasteiger charge is -2.32. The van der Waals surface area contributed by atoms with Crippen molar-refractivity contribution < 1.29 is 19.1 Å². The minimum Gasteiger partial charge on any atom is -0.497 e. The summed E-state index contributed by atoms with van der Waals surface area (Å²) < 4.78 is 10.5. The highest BCUT2D eigenvalue weighted by Crippen LogP contribution is 2.27. The number of nitrogens with zero attached hydrogens (tertiary/aromatic N) is 1. The van der Waals surface area contributed by atoms with Crippen molar-refractivity contribution in [3.05, 3.63) is 53.6 Å². The van der Waals surface area contributed by atoms with Gasteiger partial charge in [-0.2, -0.15) is 0 Å². The molecule has 0 aromatic heterocycles. The molecule has 1 heterocycles. The topological polar surface area (TPSA) is 67.9 Å². The van der Waals surface area contributed by atoms with Gasteiger partial charge in [0.2, 0.25) is 5.91 Å². The normalized spacial score (nSPS) is 16.4. The Kier molecular flexibility index (Phi) is 6.19. The molecule has 2 aromatic carbocycles. The van der Waals surface area contributed by atoms with Crippen molar-refractivity contribution in [2.75, 3.05) is 32.6 Å². The molecule has 1 atom stereocenters. The number of hydrogen-bond donors (Lipinski definition) is 1. The summed E-state index contributed by atoms with van der Waals surface area (Å²) in [6.07, 6.45) is 1.56. The monoisotopic (exact) mass is 382 g/mol. The number of ether oxygens (including phenoxy) is 2. The fourth-order valence-electron chi connectivity index (χ4n) is 3.46. The van der Waals surface area contributed by atoms with Crippen LogP contribution in [0.4, 0.5) is 5.69 Å². The SMILES string of the molecule is COc1cc(NC(=O)C2CCCN(C(=O)c3cccc(C)c3)C2)cc(OC)c1. The summed E-state index contributed by atoms with van der Waals surface area (Å²) in [5.74, 6) is 0.838. The number of benzene rings is 2. The number of amides is 2. The number of rotatable bonds is 5. The van der Waals surface area contributed by atoms with Gasteiger partial charge in [-0.3, -0.25) is 9.59 Å². The van der Waals surface area contributed by atoms with E-state index in [2.05, 4.69) is 5.32 Å². The van der Waals surface area contributed by atoms with Crippen LogP contribution in [0.2, 0.25) is 0 Å². The summed E-state index contributed by atoms with van der Waals surface area (Å²) in [5, 5.41) is 2.93. The van der Waals surface area contributed by atoms with Gasteiger partial charge >= 0.3 is 0 Å². The molecule has 148 valence electrons. The van der Waals surface area contributed by atoms with Crippen molar-refractivity contribution in [2.24, 2.45) is 5.92 Å². The number of aryl methyl sites for hydroxylation is 1. The fourth-order valence-corrected chi connectivity index (χ4v) is 3.46. The van der Waals surface area contributed by atoms with Crippen molar-refractivity contribution in [3.63, 3.8) is 0 Å². The van der Waals surface area contributed by atoms with Crippen LogP contribution >= 0.6 is 0 Å². The zero-order valence-electron chi connectivity index (χ0n) is 16.5. The van der Waals surface area contributed by atoms with Gasteiger partial charge < -0.3 is 19.7 Å². The molecular formula is C22H26N2O4. The van der Waals surface area contributed by atoms with E-state index in [4.69, 9.17) is 9.47 Å². The van der Waals surface area contributed by atoms with Gasteiger partial charge in [0.1, 0.15) is 11.5 Å². The molecule has 6 heteroatoms. The number of nitrogens with one attached hydrogen (secondary N) is 1. The van der Waals surface area contributed by atoms with Crippen molar-refractivity contribution in [1.29, 1.82) is 0 Å². The third-order valence-electron chi connectivity index (χ3n) is 4.96. The molecule has 1 aliphatic rings. The van der Waals surface area contributed by atoms with E-state index < -0.39 is 0 Å². The van der Waals surface area contributed by atoms with Gasteiger partial charge in [0, 0.05) is 42.5 Å². The van der Waals surface area contributed by atoms with Crippen LogP contribution in [0, 0.1) is 12.8 Å². The second-order valence-electron chi connectivity index (χ2n) is 7.05. The molecular weight excluding hydrogens is 356 g/mol. The smallest absolute Gasteiger partial charge is 0.253 e. The van der Waals surface area contributed by atoms with Gasteiger partial charge in [-0.05, 0) is 31.9 Å². The quantitative estimate of drug-likeness (QED) is 0.859. The lowest BCUT2D eigenvalue weighted by Crippen LogP contribution is -2.43. The first-order valence-corrected chi connectivity index (χ1v) is 9.40. The van der Waals surface area contributed by atoms with Crippen LogP contribution in [0.25, 0.3) is 0 Å². The number of anilines is 1. The number of piperidine rings is 1. The second kappa shape index (κ2) is 8.78. The maximum atomic E-state index is 12.8. The first kappa shape index (κ1) is 19.7. The average molecular weight is 382 g/mol. The second-order valence-corrected chi connectivity index (χ2v) is 7.05. The summed E-state index contributed by atoms with van der Waals surface area (Å²) >= 11 is 0. The Morgan fingerprint density at radius 1 is 1.07 bits per heavy atom. The zero-order valence-corrected chi connectivity index (χ0v) is 16.5. The molecule has 1 unspecified atom stereocenters.